The van der Waals surface area contributed by atoms with Crippen molar-refractivity contribution in [2.45, 2.75) is 44.9 Å². The maximum atomic E-state index is 6.87. The molecule has 0 bridgehead atoms. The molecule has 3 rings (SSSR count). The lowest BCUT2D eigenvalue weighted by atomic mass is 9.46. The highest BCUT2D eigenvalue weighted by Gasteiger charge is 2.66. The van der Waals surface area contributed by atoms with Gasteiger partial charge in [-0.3, -0.25) is 0 Å². The molecule has 0 aromatic heterocycles. The largest absolute Gasteiger partial charge is 0.377 e. The van der Waals surface area contributed by atoms with Crippen LogP contribution in [-0.2, 0) is 11.3 Å². The number of fused-ring (bicyclic) bond motifs is 1. The van der Waals surface area contributed by atoms with E-state index < -0.39 is 0 Å². The van der Waals surface area contributed by atoms with Crippen molar-refractivity contribution < 1.29 is 4.74 Å². The number of hydrogen-bond acceptors (Lipinski definition) is 3. The number of likely N-dealkylation sites (N-methyl/N-ethyl adjacent to an activating group) is 1. The summed E-state index contributed by atoms with van der Waals surface area (Å²) in [5.74, 6) is 0.513. The standard InChI is InChI=1S/C18H28N2O/c1-17(2)16-15(10-7-11-21-16)18(17,19)13-20(3)12-14-8-5-4-6-9-14/h4-6,8-9,15-16H,7,10-13,19H2,1-3H3. The van der Waals surface area contributed by atoms with Gasteiger partial charge < -0.3 is 15.4 Å². The summed E-state index contributed by atoms with van der Waals surface area (Å²) < 4.78 is 5.99. The van der Waals surface area contributed by atoms with Gasteiger partial charge in [-0.1, -0.05) is 44.2 Å². The topological polar surface area (TPSA) is 38.5 Å². The van der Waals surface area contributed by atoms with Crippen LogP contribution in [0.15, 0.2) is 30.3 Å². The molecule has 1 heterocycles. The van der Waals surface area contributed by atoms with Gasteiger partial charge in [0.25, 0.3) is 0 Å². The zero-order valence-corrected chi connectivity index (χ0v) is 13.5. The molecule has 3 nitrogen and oxygen atoms in total. The minimum absolute atomic E-state index is 0.0586. The number of nitrogens with two attached hydrogens (primary N) is 1. The molecule has 1 aromatic carbocycles. The molecule has 21 heavy (non-hydrogen) atoms. The van der Waals surface area contributed by atoms with Crippen LogP contribution in [-0.4, -0.2) is 36.7 Å². The molecule has 0 amide bonds. The van der Waals surface area contributed by atoms with E-state index in [1.165, 1.54) is 12.0 Å². The summed E-state index contributed by atoms with van der Waals surface area (Å²) in [5.41, 5.74) is 8.13. The van der Waals surface area contributed by atoms with Crippen molar-refractivity contribution in [2.24, 2.45) is 17.1 Å². The molecule has 3 unspecified atom stereocenters. The number of hydrogen-bond donors (Lipinski definition) is 1. The van der Waals surface area contributed by atoms with Crippen LogP contribution < -0.4 is 5.73 Å². The first-order valence-corrected chi connectivity index (χ1v) is 8.08. The lowest BCUT2D eigenvalue weighted by Crippen LogP contribution is -2.80. The second-order valence-electron chi connectivity index (χ2n) is 7.46. The summed E-state index contributed by atoms with van der Waals surface area (Å²) in [6.45, 7) is 7.33. The van der Waals surface area contributed by atoms with E-state index in [1.54, 1.807) is 0 Å². The Hall–Kier alpha value is -0.900. The van der Waals surface area contributed by atoms with E-state index in [0.29, 0.717) is 12.0 Å². The SMILES string of the molecule is CN(Cc1ccccc1)CC1(N)C2CCCOC2C1(C)C. The fourth-order valence-corrected chi connectivity index (χ4v) is 4.39. The maximum Gasteiger partial charge on any atom is 0.0690 e. The van der Waals surface area contributed by atoms with Gasteiger partial charge in [-0.05, 0) is 25.5 Å². The minimum Gasteiger partial charge on any atom is -0.377 e. The molecular formula is C18H28N2O. The first-order chi connectivity index (χ1) is 9.95. The van der Waals surface area contributed by atoms with Gasteiger partial charge in [-0.25, -0.2) is 0 Å². The van der Waals surface area contributed by atoms with E-state index in [-0.39, 0.29) is 11.0 Å². The third-order valence-corrected chi connectivity index (χ3v) is 5.72. The van der Waals surface area contributed by atoms with Gasteiger partial charge in [-0.2, -0.15) is 0 Å². The average Bonchev–Trinajstić information content (AvgIpc) is 2.48. The molecular weight excluding hydrogens is 260 g/mol. The first kappa shape index (κ1) is 15.0. The zero-order chi connectivity index (χ0) is 15.1. The van der Waals surface area contributed by atoms with Gasteiger partial charge in [0.15, 0.2) is 0 Å². The molecule has 1 aromatic rings. The van der Waals surface area contributed by atoms with E-state index in [1.807, 2.05) is 0 Å². The van der Waals surface area contributed by atoms with Crippen LogP contribution in [0, 0.1) is 11.3 Å². The Balaban J connectivity index is 1.68. The fraction of sp³-hybridized carbons (Fsp3) is 0.667. The smallest absolute Gasteiger partial charge is 0.0690 e. The molecule has 1 saturated heterocycles. The third-order valence-electron chi connectivity index (χ3n) is 5.72. The van der Waals surface area contributed by atoms with Crippen LogP contribution in [0.2, 0.25) is 0 Å². The number of ether oxygens (including phenoxy) is 1. The Bertz CT molecular complexity index is 487. The quantitative estimate of drug-likeness (QED) is 0.925. The van der Waals surface area contributed by atoms with E-state index >= 15 is 0 Å². The fourth-order valence-electron chi connectivity index (χ4n) is 4.39. The molecule has 3 atom stereocenters. The van der Waals surface area contributed by atoms with Crippen LogP contribution in [0.5, 0.6) is 0 Å². The highest BCUT2D eigenvalue weighted by molar-refractivity contribution is 5.21. The first-order valence-electron chi connectivity index (χ1n) is 8.08. The molecule has 3 heteroatoms. The van der Waals surface area contributed by atoms with Gasteiger partial charge >= 0.3 is 0 Å². The van der Waals surface area contributed by atoms with Gasteiger partial charge in [0, 0.05) is 36.6 Å². The second kappa shape index (κ2) is 5.38. The molecule has 2 fully saturated rings. The van der Waals surface area contributed by atoms with E-state index in [9.17, 15) is 0 Å². The van der Waals surface area contributed by atoms with Crippen molar-refractivity contribution in [3.05, 3.63) is 35.9 Å². The van der Waals surface area contributed by atoms with Crippen molar-refractivity contribution in [2.75, 3.05) is 20.2 Å². The number of nitrogens with zero attached hydrogens (tertiary/aromatic N) is 1. The molecule has 2 N–H and O–H groups in total. The Morgan fingerprint density at radius 2 is 2.00 bits per heavy atom. The van der Waals surface area contributed by atoms with Crippen LogP contribution in [0.4, 0.5) is 0 Å². The lowest BCUT2D eigenvalue weighted by Gasteiger charge is -2.67. The maximum absolute atomic E-state index is 6.87. The average molecular weight is 288 g/mol. The monoisotopic (exact) mass is 288 g/mol. The molecule has 2 aliphatic rings. The van der Waals surface area contributed by atoms with E-state index in [4.69, 9.17) is 10.5 Å². The predicted molar refractivity (Wildman–Crippen MR) is 85.9 cm³/mol. The third kappa shape index (κ3) is 2.41. The Morgan fingerprint density at radius 1 is 1.29 bits per heavy atom. The molecule has 1 aliphatic heterocycles. The normalized spacial score (nSPS) is 34.3. The zero-order valence-electron chi connectivity index (χ0n) is 13.5. The summed E-state index contributed by atoms with van der Waals surface area (Å²) >= 11 is 0. The second-order valence-corrected chi connectivity index (χ2v) is 7.46. The molecule has 0 spiro atoms. The van der Waals surface area contributed by atoms with Crippen molar-refractivity contribution in [3.8, 4) is 0 Å². The summed E-state index contributed by atoms with van der Waals surface area (Å²) in [7, 11) is 2.18. The molecule has 1 aliphatic carbocycles. The summed E-state index contributed by atoms with van der Waals surface area (Å²) in [4.78, 5) is 2.36. The molecule has 1 saturated carbocycles. The van der Waals surface area contributed by atoms with E-state index in [2.05, 4.69) is 56.1 Å². The van der Waals surface area contributed by atoms with Gasteiger partial charge in [-0.15, -0.1) is 0 Å². The van der Waals surface area contributed by atoms with Crippen molar-refractivity contribution in [3.63, 3.8) is 0 Å². The minimum atomic E-state index is -0.137. The number of rotatable bonds is 4. The lowest BCUT2D eigenvalue weighted by molar-refractivity contribution is -0.231. The van der Waals surface area contributed by atoms with Gasteiger partial charge in [0.1, 0.15) is 0 Å². The van der Waals surface area contributed by atoms with Crippen molar-refractivity contribution in [1.29, 1.82) is 0 Å². The highest BCUT2D eigenvalue weighted by atomic mass is 16.5. The summed E-state index contributed by atoms with van der Waals surface area (Å²) in [5, 5.41) is 0. The van der Waals surface area contributed by atoms with Crippen LogP contribution in [0.1, 0.15) is 32.3 Å². The Labute approximate surface area is 128 Å². The Kier molecular flexibility index (Phi) is 3.85. The molecule has 0 radical (unpaired) electrons. The predicted octanol–water partition coefficient (Wildman–Crippen LogP) is 2.65. The van der Waals surface area contributed by atoms with Crippen molar-refractivity contribution in [1.82, 2.24) is 4.90 Å². The Morgan fingerprint density at radius 3 is 2.71 bits per heavy atom. The van der Waals surface area contributed by atoms with Gasteiger partial charge in [0.2, 0.25) is 0 Å². The summed E-state index contributed by atoms with van der Waals surface area (Å²) in [6.07, 6.45) is 2.71. The van der Waals surface area contributed by atoms with Crippen LogP contribution >= 0.6 is 0 Å². The highest BCUT2D eigenvalue weighted by Crippen LogP contribution is 2.57. The van der Waals surface area contributed by atoms with Crippen LogP contribution in [0.3, 0.4) is 0 Å². The molecule has 116 valence electrons. The number of benzene rings is 1. The van der Waals surface area contributed by atoms with E-state index in [0.717, 1.165) is 26.1 Å². The van der Waals surface area contributed by atoms with Gasteiger partial charge in [0.05, 0.1) is 6.10 Å². The van der Waals surface area contributed by atoms with Crippen LogP contribution in [0.25, 0.3) is 0 Å². The summed E-state index contributed by atoms with van der Waals surface area (Å²) in [6, 6.07) is 10.6. The van der Waals surface area contributed by atoms with Crippen molar-refractivity contribution >= 4 is 0 Å².